The van der Waals surface area contributed by atoms with Crippen molar-refractivity contribution >= 4 is 0 Å². The molecule has 0 spiro atoms. The molecule has 0 amide bonds. The molecule has 0 bridgehead atoms. The van der Waals surface area contributed by atoms with Gasteiger partial charge in [0.1, 0.15) is 0 Å². The highest BCUT2D eigenvalue weighted by atomic mass is 19.4. The molecule has 1 atom stereocenters. The second kappa shape index (κ2) is 4.09. The van der Waals surface area contributed by atoms with Crippen LogP contribution in [0.2, 0.25) is 0 Å². The van der Waals surface area contributed by atoms with Gasteiger partial charge in [0.2, 0.25) is 0 Å². The van der Waals surface area contributed by atoms with Gasteiger partial charge in [-0.25, -0.2) is 0 Å². The van der Waals surface area contributed by atoms with Crippen LogP contribution in [0.1, 0.15) is 37.9 Å². The Morgan fingerprint density at radius 3 is 1.81 bits per heavy atom. The third-order valence-corrected chi connectivity index (χ3v) is 2.87. The van der Waals surface area contributed by atoms with Gasteiger partial charge in [-0.1, -0.05) is 24.3 Å². The van der Waals surface area contributed by atoms with E-state index in [1.54, 1.807) is 19.1 Å². The van der Waals surface area contributed by atoms with Crippen molar-refractivity contribution in [2.45, 2.75) is 38.4 Å². The molecule has 16 heavy (non-hydrogen) atoms. The average Bonchev–Trinajstić information content (AvgIpc) is 2.16. The lowest BCUT2D eigenvalue weighted by atomic mass is 9.83. The summed E-state index contributed by atoms with van der Waals surface area (Å²) in [6, 6.07) is 6.11. The van der Waals surface area contributed by atoms with Crippen LogP contribution in [0.3, 0.4) is 0 Å². The van der Waals surface area contributed by atoms with Crippen molar-refractivity contribution < 1.29 is 13.2 Å². The molecule has 0 aromatic heterocycles. The van der Waals surface area contributed by atoms with E-state index >= 15 is 0 Å². The highest BCUT2D eigenvalue weighted by Crippen LogP contribution is 2.40. The topological polar surface area (TPSA) is 26.0 Å². The number of nitrogens with two attached hydrogens (primary N) is 1. The van der Waals surface area contributed by atoms with Gasteiger partial charge in [-0.2, -0.15) is 13.2 Å². The monoisotopic (exact) mass is 231 g/mol. The molecule has 1 nitrogen and oxygen atoms in total. The molecule has 0 aliphatic carbocycles. The first kappa shape index (κ1) is 13.0. The summed E-state index contributed by atoms with van der Waals surface area (Å²) in [4.78, 5) is 0. The number of benzene rings is 1. The lowest BCUT2D eigenvalue weighted by molar-refractivity contribution is -0.180. The zero-order valence-corrected chi connectivity index (χ0v) is 9.60. The van der Waals surface area contributed by atoms with Crippen LogP contribution in [0.25, 0.3) is 0 Å². The molecule has 90 valence electrons. The maximum Gasteiger partial charge on any atom is 0.397 e. The fraction of sp³-hybridized carbons (Fsp3) is 0.500. The van der Waals surface area contributed by atoms with E-state index in [-0.39, 0.29) is 11.6 Å². The van der Waals surface area contributed by atoms with Gasteiger partial charge in [0.05, 0.1) is 5.41 Å². The number of hydrogen-bond acceptors (Lipinski definition) is 1. The maximum absolute atomic E-state index is 12.8. The molecule has 4 heteroatoms. The lowest BCUT2D eigenvalue weighted by Gasteiger charge is -2.28. The molecular weight excluding hydrogens is 215 g/mol. The molecule has 0 saturated heterocycles. The van der Waals surface area contributed by atoms with Crippen LogP contribution in [0, 0.1) is 0 Å². The number of halogens is 3. The lowest BCUT2D eigenvalue weighted by Crippen LogP contribution is -2.36. The van der Waals surface area contributed by atoms with Gasteiger partial charge in [0.25, 0.3) is 0 Å². The van der Waals surface area contributed by atoms with Crippen molar-refractivity contribution in [2.75, 3.05) is 0 Å². The van der Waals surface area contributed by atoms with Gasteiger partial charge in [0.15, 0.2) is 0 Å². The van der Waals surface area contributed by atoms with Crippen LogP contribution >= 0.6 is 0 Å². The highest BCUT2D eigenvalue weighted by Gasteiger charge is 2.48. The predicted octanol–water partition coefficient (Wildman–Crippen LogP) is 3.55. The van der Waals surface area contributed by atoms with Gasteiger partial charge in [0, 0.05) is 6.04 Å². The Hall–Kier alpha value is -1.03. The summed E-state index contributed by atoms with van der Waals surface area (Å²) in [5.74, 6) is 0. The molecule has 0 heterocycles. The van der Waals surface area contributed by atoms with Crippen LogP contribution in [-0.4, -0.2) is 6.18 Å². The molecule has 0 fully saturated rings. The molecule has 0 aliphatic rings. The van der Waals surface area contributed by atoms with E-state index in [0.29, 0.717) is 0 Å². The van der Waals surface area contributed by atoms with E-state index in [4.69, 9.17) is 5.73 Å². The number of hydrogen-bond donors (Lipinski definition) is 1. The third-order valence-electron chi connectivity index (χ3n) is 2.87. The number of rotatable bonds is 2. The second-order valence-electron chi connectivity index (χ2n) is 4.53. The van der Waals surface area contributed by atoms with Gasteiger partial charge in [-0.3, -0.25) is 0 Å². The third kappa shape index (κ3) is 2.38. The summed E-state index contributed by atoms with van der Waals surface area (Å²) in [6.45, 7) is 4.14. The molecule has 2 N–H and O–H groups in total. The van der Waals surface area contributed by atoms with Crippen molar-refractivity contribution in [3.8, 4) is 0 Å². The normalized spacial score (nSPS) is 14.9. The minimum atomic E-state index is -4.25. The van der Waals surface area contributed by atoms with Crippen LogP contribution in [0.15, 0.2) is 24.3 Å². The predicted molar refractivity (Wildman–Crippen MR) is 58.1 cm³/mol. The Balaban J connectivity index is 3.07. The van der Waals surface area contributed by atoms with Gasteiger partial charge >= 0.3 is 6.18 Å². The molecule has 0 saturated carbocycles. The summed E-state index contributed by atoms with van der Waals surface area (Å²) in [5, 5.41) is 0. The molecule has 1 rings (SSSR count). The number of alkyl halides is 3. The summed E-state index contributed by atoms with van der Waals surface area (Å²) >= 11 is 0. The molecule has 1 aromatic rings. The molecule has 0 radical (unpaired) electrons. The second-order valence-corrected chi connectivity index (χ2v) is 4.53. The maximum atomic E-state index is 12.8. The SMILES string of the molecule is C[C@@H](N)c1ccc(C(C)(C)C(F)(F)F)cc1. The standard InChI is InChI=1S/C12H16F3N/c1-8(16)9-4-6-10(7-5-9)11(2,3)12(13,14)15/h4-8H,16H2,1-3H3/t8-/m1/s1. The summed E-state index contributed by atoms with van der Waals surface area (Å²) in [6.07, 6.45) is -4.25. The molecule has 0 unspecified atom stereocenters. The zero-order chi connectivity index (χ0) is 12.6. The van der Waals surface area contributed by atoms with E-state index in [2.05, 4.69) is 0 Å². The highest BCUT2D eigenvalue weighted by molar-refractivity contribution is 5.30. The fourth-order valence-electron chi connectivity index (χ4n) is 1.37. The van der Waals surface area contributed by atoms with Gasteiger partial charge in [-0.15, -0.1) is 0 Å². The van der Waals surface area contributed by atoms with Crippen molar-refractivity contribution in [1.82, 2.24) is 0 Å². The van der Waals surface area contributed by atoms with E-state index in [1.165, 1.54) is 26.0 Å². The molecular formula is C12H16F3N. The largest absolute Gasteiger partial charge is 0.397 e. The summed E-state index contributed by atoms with van der Waals surface area (Å²) in [5.41, 5.74) is 4.90. The minimum absolute atomic E-state index is 0.164. The Morgan fingerprint density at radius 2 is 1.50 bits per heavy atom. The quantitative estimate of drug-likeness (QED) is 0.827. The van der Waals surface area contributed by atoms with Crippen molar-refractivity contribution in [3.05, 3.63) is 35.4 Å². The Kier molecular flexibility index (Phi) is 3.33. The van der Waals surface area contributed by atoms with Crippen LogP contribution < -0.4 is 5.73 Å². The first-order chi connectivity index (χ1) is 7.16. The van der Waals surface area contributed by atoms with Crippen LogP contribution in [0.4, 0.5) is 13.2 Å². The Labute approximate surface area is 93.5 Å². The van der Waals surface area contributed by atoms with Gasteiger partial charge < -0.3 is 5.73 Å². The van der Waals surface area contributed by atoms with Crippen molar-refractivity contribution in [1.29, 1.82) is 0 Å². The average molecular weight is 231 g/mol. The molecule has 0 aliphatic heterocycles. The Bertz CT molecular complexity index is 350. The molecule has 1 aromatic carbocycles. The van der Waals surface area contributed by atoms with Crippen LogP contribution in [0.5, 0.6) is 0 Å². The van der Waals surface area contributed by atoms with E-state index < -0.39 is 11.6 Å². The van der Waals surface area contributed by atoms with Crippen LogP contribution in [-0.2, 0) is 5.41 Å². The first-order valence-corrected chi connectivity index (χ1v) is 5.09. The smallest absolute Gasteiger partial charge is 0.324 e. The first-order valence-electron chi connectivity index (χ1n) is 5.09. The summed E-state index contributed by atoms with van der Waals surface area (Å²) in [7, 11) is 0. The minimum Gasteiger partial charge on any atom is -0.324 e. The van der Waals surface area contributed by atoms with E-state index in [9.17, 15) is 13.2 Å². The zero-order valence-electron chi connectivity index (χ0n) is 9.60. The fourth-order valence-corrected chi connectivity index (χ4v) is 1.37. The van der Waals surface area contributed by atoms with Crippen molar-refractivity contribution in [2.24, 2.45) is 5.73 Å². The summed E-state index contributed by atoms with van der Waals surface area (Å²) < 4.78 is 38.3. The van der Waals surface area contributed by atoms with Crippen molar-refractivity contribution in [3.63, 3.8) is 0 Å². The van der Waals surface area contributed by atoms with E-state index in [0.717, 1.165) is 5.56 Å². The van der Waals surface area contributed by atoms with E-state index in [1.807, 2.05) is 0 Å². The Morgan fingerprint density at radius 1 is 1.06 bits per heavy atom. The van der Waals surface area contributed by atoms with Gasteiger partial charge in [-0.05, 0) is 31.9 Å².